The highest BCUT2D eigenvalue weighted by Gasteiger charge is 2.07. The molecule has 2 aromatic rings. The number of hydrogen-bond acceptors (Lipinski definition) is 5. The summed E-state index contributed by atoms with van der Waals surface area (Å²) >= 11 is 0. The normalized spacial score (nSPS) is 10.7. The van der Waals surface area contributed by atoms with Crippen molar-refractivity contribution in [2.45, 2.75) is 13.5 Å². The monoisotopic (exact) mass is 303 g/mol. The Kier molecular flexibility index (Phi) is 5.68. The molecule has 1 aromatic carbocycles. The Hall–Kier alpha value is -2.18. The number of aryl methyl sites for hydroxylation is 1. The SMILES string of the molecule is COCCNCc1nn(-c2ccc(OC)cc2)c(C)cc1=O. The van der Waals surface area contributed by atoms with Crippen molar-refractivity contribution in [1.82, 2.24) is 15.1 Å². The lowest BCUT2D eigenvalue weighted by atomic mass is 10.2. The van der Waals surface area contributed by atoms with Gasteiger partial charge in [0.2, 0.25) is 5.43 Å². The third-order valence-electron chi connectivity index (χ3n) is 3.27. The van der Waals surface area contributed by atoms with Gasteiger partial charge in [0.1, 0.15) is 11.4 Å². The van der Waals surface area contributed by atoms with Crippen molar-refractivity contribution < 1.29 is 9.47 Å². The minimum atomic E-state index is -0.0628. The van der Waals surface area contributed by atoms with Crippen LogP contribution in [-0.4, -0.2) is 37.2 Å². The topological polar surface area (TPSA) is 65.4 Å². The van der Waals surface area contributed by atoms with Crippen LogP contribution in [0, 0.1) is 6.92 Å². The van der Waals surface area contributed by atoms with Crippen molar-refractivity contribution >= 4 is 0 Å². The average Bonchev–Trinajstić information content (AvgIpc) is 2.53. The molecule has 0 aliphatic rings. The molecule has 0 aliphatic heterocycles. The molecule has 0 fully saturated rings. The summed E-state index contributed by atoms with van der Waals surface area (Å²) in [6.07, 6.45) is 0. The smallest absolute Gasteiger partial charge is 0.204 e. The molecule has 1 aromatic heterocycles. The fraction of sp³-hybridized carbons (Fsp3) is 0.375. The molecular weight excluding hydrogens is 282 g/mol. The summed E-state index contributed by atoms with van der Waals surface area (Å²) in [5.41, 5.74) is 2.09. The van der Waals surface area contributed by atoms with Gasteiger partial charge in [-0.1, -0.05) is 0 Å². The van der Waals surface area contributed by atoms with Gasteiger partial charge in [-0.2, -0.15) is 5.10 Å². The number of aromatic nitrogens is 2. The molecule has 0 bridgehead atoms. The number of hydrogen-bond donors (Lipinski definition) is 1. The maximum Gasteiger partial charge on any atom is 0.204 e. The lowest BCUT2D eigenvalue weighted by Gasteiger charge is -2.12. The quantitative estimate of drug-likeness (QED) is 0.781. The summed E-state index contributed by atoms with van der Waals surface area (Å²) < 4.78 is 11.9. The van der Waals surface area contributed by atoms with Gasteiger partial charge in [0, 0.05) is 32.0 Å². The molecule has 118 valence electrons. The molecule has 2 rings (SSSR count). The fourth-order valence-corrected chi connectivity index (χ4v) is 2.07. The van der Waals surface area contributed by atoms with Gasteiger partial charge in [-0.3, -0.25) is 4.79 Å². The second kappa shape index (κ2) is 7.72. The summed E-state index contributed by atoms with van der Waals surface area (Å²) in [5, 5.41) is 7.59. The van der Waals surface area contributed by atoms with E-state index < -0.39 is 0 Å². The van der Waals surface area contributed by atoms with E-state index in [1.807, 2.05) is 31.2 Å². The van der Waals surface area contributed by atoms with Gasteiger partial charge in [0.25, 0.3) is 0 Å². The lowest BCUT2D eigenvalue weighted by molar-refractivity contribution is 0.199. The first-order valence-corrected chi connectivity index (χ1v) is 7.09. The van der Waals surface area contributed by atoms with Crippen molar-refractivity contribution in [3.05, 3.63) is 51.9 Å². The molecule has 0 aliphatic carbocycles. The maximum atomic E-state index is 12.0. The molecule has 6 heteroatoms. The van der Waals surface area contributed by atoms with Crippen molar-refractivity contribution in [1.29, 1.82) is 0 Å². The van der Waals surface area contributed by atoms with E-state index in [1.54, 1.807) is 25.0 Å². The highest BCUT2D eigenvalue weighted by molar-refractivity contribution is 5.37. The summed E-state index contributed by atoms with van der Waals surface area (Å²) in [5.74, 6) is 0.781. The zero-order valence-corrected chi connectivity index (χ0v) is 13.1. The Morgan fingerprint density at radius 1 is 1.23 bits per heavy atom. The third-order valence-corrected chi connectivity index (χ3v) is 3.27. The Balaban J connectivity index is 2.25. The van der Waals surface area contributed by atoms with Crippen LogP contribution < -0.4 is 15.5 Å². The molecule has 1 N–H and O–H groups in total. The summed E-state index contributed by atoms with van der Waals surface area (Å²) in [6, 6.07) is 9.15. The highest BCUT2D eigenvalue weighted by atomic mass is 16.5. The molecule has 22 heavy (non-hydrogen) atoms. The van der Waals surface area contributed by atoms with Crippen LogP contribution >= 0.6 is 0 Å². The molecule has 0 radical (unpaired) electrons. The average molecular weight is 303 g/mol. The first-order valence-electron chi connectivity index (χ1n) is 7.09. The predicted molar refractivity (Wildman–Crippen MR) is 84.7 cm³/mol. The molecule has 0 saturated carbocycles. The number of nitrogens with zero attached hydrogens (tertiary/aromatic N) is 2. The van der Waals surface area contributed by atoms with E-state index in [-0.39, 0.29) is 5.43 Å². The number of ether oxygens (including phenoxy) is 2. The second-order valence-corrected chi connectivity index (χ2v) is 4.88. The van der Waals surface area contributed by atoms with Crippen LogP contribution in [0.15, 0.2) is 35.1 Å². The van der Waals surface area contributed by atoms with Gasteiger partial charge < -0.3 is 14.8 Å². The van der Waals surface area contributed by atoms with Crippen LogP contribution in [0.1, 0.15) is 11.4 Å². The molecule has 0 amide bonds. The van der Waals surface area contributed by atoms with Gasteiger partial charge >= 0.3 is 0 Å². The minimum Gasteiger partial charge on any atom is -0.497 e. The van der Waals surface area contributed by atoms with Crippen LogP contribution in [0.25, 0.3) is 5.69 Å². The first kappa shape index (κ1) is 16.2. The molecule has 1 heterocycles. The van der Waals surface area contributed by atoms with E-state index >= 15 is 0 Å². The van der Waals surface area contributed by atoms with Crippen molar-refractivity contribution in [3.63, 3.8) is 0 Å². The lowest BCUT2D eigenvalue weighted by Crippen LogP contribution is -2.26. The van der Waals surface area contributed by atoms with Crippen LogP contribution in [0.3, 0.4) is 0 Å². The summed E-state index contributed by atoms with van der Waals surface area (Å²) in [7, 11) is 3.27. The third kappa shape index (κ3) is 3.93. The fourth-order valence-electron chi connectivity index (χ4n) is 2.07. The van der Waals surface area contributed by atoms with E-state index in [0.29, 0.717) is 25.4 Å². The standard InChI is InChI=1S/C16H21N3O3/c1-12-10-16(20)15(11-17-8-9-21-2)18-19(12)13-4-6-14(22-3)7-5-13/h4-7,10,17H,8-9,11H2,1-3H3. The van der Waals surface area contributed by atoms with Gasteiger partial charge in [-0.15, -0.1) is 0 Å². The predicted octanol–water partition coefficient (Wildman–Crippen LogP) is 1.29. The Morgan fingerprint density at radius 3 is 2.59 bits per heavy atom. The maximum absolute atomic E-state index is 12.0. The van der Waals surface area contributed by atoms with Crippen molar-refractivity contribution in [2.24, 2.45) is 0 Å². The van der Waals surface area contributed by atoms with E-state index in [0.717, 1.165) is 17.1 Å². The molecular formula is C16H21N3O3. The number of nitrogens with one attached hydrogen (secondary N) is 1. The first-order chi connectivity index (χ1) is 10.7. The number of benzene rings is 1. The Bertz CT molecular complexity index is 665. The van der Waals surface area contributed by atoms with E-state index in [2.05, 4.69) is 10.4 Å². The van der Waals surface area contributed by atoms with Crippen LogP contribution in [0.2, 0.25) is 0 Å². The van der Waals surface area contributed by atoms with Gasteiger partial charge in [-0.25, -0.2) is 4.68 Å². The van der Waals surface area contributed by atoms with E-state index in [1.165, 1.54) is 0 Å². The van der Waals surface area contributed by atoms with E-state index in [9.17, 15) is 4.79 Å². The van der Waals surface area contributed by atoms with Gasteiger partial charge in [-0.05, 0) is 31.2 Å². The number of methoxy groups -OCH3 is 2. The van der Waals surface area contributed by atoms with Crippen LogP contribution in [0.4, 0.5) is 0 Å². The number of rotatable bonds is 7. The highest BCUT2D eigenvalue weighted by Crippen LogP contribution is 2.15. The van der Waals surface area contributed by atoms with Gasteiger partial charge in [0.05, 0.1) is 19.4 Å². The molecule has 0 unspecified atom stereocenters. The zero-order valence-electron chi connectivity index (χ0n) is 13.1. The minimum absolute atomic E-state index is 0.0628. The second-order valence-electron chi connectivity index (χ2n) is 4.88. The van der Waals surface area contributed by atoms with Crippen molar-refractivity contribution in [3.8, 4) is 11.4 Å². The Labute approximate surface area is 129 Å². The summed E-state index contributed by atoms with van der Waals surface area (Å²) in [4.78, 5) is 12.0. The zero-order chi connectivity index (χ0) is 15.9. The molecule has 0 atom stereocenters. The largest absolute Gasteiger partial charge is 0.497 e. The molecule has 0 saturated heterocycles. The molecule has 6 nitrogen and oxygen atoms in total. The van der Waals surface area contributed by atoms with Gasteiger partial charge in [0.15, 0.2) is 0 Å². The van der Waals surface area contributed by atoms with E-state index in [4.69, 9.17) is 9.47 Å². The molecule has 0 spiro atoms. The van der Waals surface area contributed by atoms with Crippen LogP contribution in [0.5, 0.6) is 5.75 Å². The summed E-state index contributed by atoms with van der Waals surface area (Å²) in [6.45, 7) is 3.55. The van der Waals surface area contributed by atoms with Crippen molar-refractivity contribution in [2.75, 3.05) is 27.4 Å². The Morgan fingerprint density at radius 2 is 1.95 bits per heavy atom. The van der Waals surface area contributed by atoms with Crippen LogP contribution in [-0.2, 0) is 11.3 Å².